The van der Waals surface area contributed by atoms with Crippen molar-refractivity contribution in [3.63, 3.8) is 0 Å². The Bertz CT molecular complexity index is 375. The number of H-pyrrole nitrogens is 1. The average molecular weight is 211 g/mol. The first-order chi connectivity index (χ1) is 7.08. The van der Waals surface area contributed by atoms with Gasteiger partial charge in [-0.3, -0.25) is 4.79 Å². The molecule has 0 aliphatic heterocycles. The minimum absolute atomic E-state index is 0.0342. The molecule has 0 radical (unpaired) electrons. The van der Waals surface area contributed by atoms with Gasteiger partial charge in [-0.05, 0) is 6.92 Å². The third-order valence-corrected chi connectivity index (χ3v) is 2.40. The molecular weight excluding hydrogens is 194 g/mol. The molecule has 15 heavy (non-hydrogen) atoms. The molecule has 1 rings (SSSR count). The molecular formula is C10H17N3O2. The van der Waals surface area contributed by atoms with Crippen LogP contribution in [0.25, 0.3) is 0 Å². The van der Waals surface area contributed by atoms with E-state index < -0.39 is 0 Å². The molecule has 1 aromatic rings. The number of aliphatic hydroxyl groups is 1. The van der Waals surface area contributed by atoms with Gasteiger partial charge in [0.2, 0.25) is 0 Å². The van der Waals surface area contributed by atoms with E-state index in [4.69, 9.17) is 5.11 Å². The largest absolute Gasteiger partial charge is 0.394 e. The fourth-order valence-corrected chi connectivity index (χ4v) is 1.19. The molecule has 2 N–H and O–H groups in total. The number of aliphatic hydroxyl groups excluding tert-OH is 1. The number of aromatic nitrogens is 2. The molecule has 1 atom stereocenters. The maximum atomic E-state index is 11.3. The van der Waals surface area contributed by atoms with E-state index in [0.717, 1.165) is 0 Å². The van der Waals surface area contributed by atoms with Gasteiger partial charge in [-0.1, -0.05) is 6.92 Å². The van der Waals surface area contributed by atoms with Crippen LogP contribution in [0.4, 0.5) is 5.82 Å². The summed E-state index contributed by atoms with van der Waals surface area (Å²) in [5.74, 6) is 1.26. The Morgan fingerprint density at radius 2 is 2.33 bits per heavy atom. The quantitative estimate of drug-likeness (QED) is 0.743. The first-order valence-corrected chi connectivity index (χ1v) is 5.02. The Kier molecular flexibility index (Phi) is 3.85. The lowest BCUT2D eigenvalue weighted by molar-refractivity contribution is 0.269. The second kappa shape index (κ2) is 4.93. The van der Waals surface area contributed by atoms with Crippen molar-refractivity contribution in [3.05, 3.63) is 22.2 Å². The Labute approximate surface area is 88.8 Å². The summed E-state index contributed by atoms with van der Waals surface area (Å²) in [5.41, 5.74) is -0.158. The number of rotatable bonds is 4. The maximum absolute atomic E-state index is 11.3. The van der Waals surface area contributed by atoms with Crippen molar-refractivity contribution in [2.24, 2.45) is 0 Å². The third kappa shape index (κ3) is 2.79. The molecule has 0 bridgehead atoms. The van der Waals surface area contributed by atoms with Gasteiger partial charge in [0.1, 0.15) is 11.6 Å². The first-order valence-electron chi connectivity index (χ1n) is 5.02. The van der Waals surface area contributed by atoms with Crippen LogP contribution in [-0.4, -0.2) is 34.8 Å². The molecule has 1 unspecified atom stereocenters. The lowest BCUT2D eigenvalue weighted by Gasteiger charge is -2.24. The zero-order chi connectivity index (χ0) is 11.4. The standard InChI is InChI=1S/C10H17N3O2/c1-4-8-11-9(5-10(15)12-8)13(3)7(2)6-14/h5,7,14H,4,6H2,1-3H3,(H,11,12,15). The molecule has 5 nitrogen and oxygen atoms in total. The fraction of sp³-hybridized carbons (Fsp3) is 0.600. The van der Waals surface area contributed by atoms with Gasteiger partial charge in [-0.2, -0.15) is 0 Å². The van der Waals surface area contributed by atoms with Crippen molar-refractivity contribution in [1.29, 1.82) is 0 Å². The predicted molar refractivity (Wildman–Crippen MR) is 59.2 cm³/mol. The lowest BCUT2D eigenvalue weighted by atomic mass is 10.3. The van der Waals surface area contributed by atoms with E-state index in [1.165, 1.54) is 6.07 Å². The highest BCUT2D eigenvalue weighted by molar-refractivity contribution is 5.37. The number of aryl methyl sites for hydroxylation is 1. The molecule has 0 aromatic carbocycles. The second-order valence-corrected chi connectivity index (χ2v) is 3.55. The minimum atomic E-state index is -0.158. The SMILES string of the molecule is CCc1nc(N(C)C(C)CO)cc(=O)[nH]1. The highest BCUT2D eigenvalue weighted by atomic mass is 16.3. The van der Waals surface area contributed by atoms with Gasteiger partial charge in [-0.15, -0.1) is 0 Å². The Balaban J connectivity index is 3.03. The van der Waals surface area contributed by atoms with Crippen molar-refractivity contribution in [2.75, 3.05) is 18.6 Å². The topological polar surface area (TPSA) is 69.2 Å². The number of anilines is 1. The van der Waals surface area contributed by atoms with Crippen LogP contribution in [0.15, 0.2) is 10.9 Å². The molecule has 84 valence electrons. The monoisotopic (exact) mass is 211 g/mol. The summed E-state index contributed by atoms with van der Waals surface area (Å²) in [6, 6.07) is 1.38. The molecule has 0 amide bonds. The maximum Gasteiger partial charge on any atom is 0.252 e. The first kappa shape index (κ1) is 11.7. The molecule has 1 aromatic heterocycles. The zero-order valence-corrected chi connectivity index (χ0v) is 9.32. The third-order valence-electron chi connectivity index (χ3n) is 2.40. The second-order valence-electron chi connectivity index (χ2n) is 3.55. The summed E-state index contributed by atoms with van der Waals surface area (Å²) < 4.78 is 0. The number of nitrogens with one attached hydrogen (secondary N) is 1. The van der Waals surface area contributed by atoms with Gasteiger partial charge < -0.3 is 15.0 Å². The summed E-state index contributed by atoms with van der Waals surface area (Å²) in [5, 5.41) is 9.01. The molecule has 0 spiro atoms. The van der Waals surface area contributed by atoms with Gasteiger partial charge >= 0.3 is 0 Å². The van der Waals surface area contributed by atoms with Crippen LogP contribution < -0.4 is 10.5 Å². The number of nitrogens with zero attached hydrogens (tertiary/aromatic N) is 2. The highest BCUT2D eigenvalue weighted by Crippen LogP contribution is 2.09. The Morgan fingerprint density at radius 3 is 2.87 bits per heavy atom. The molecule has 0 aliphatic rings. The number of likely N-dealkylation sites (N-methyl/N-ethyl adjacent to an activating group) is 1. The van der Waals surface area contributed by atoms with Gasteiger partial charge in [0, 0.05) is 19.5 Å². The predicted octanol–water partition coefficient (Wildman–Crippen LogP) is 0.149. The van der Waals surface area contributed by atoms with Crippen molar-refractivity contribution in [2.45, 2.75) is 26.3 Å². The van der Waals surface area contributed by atoms with E-state index in [0.29, 0.717) is 18.1 Å². The van der Waals surface area contributed by atoms with Crippen molar-refractivity contribution < 1.29 is 5.11 Å². The molecule has 0 saturated carbocycles. The Morgan fingerprint density at radius 1 is 1.67 bits per heavy atom. The zero-order valence-electron chi connectivity index (χ0n) is 9.32. The molecule has 0 saturated heterocycles. The van der Waals surface area contributed by atoms with E-state index in [-0.39, 0.29) is 18.2 Å². The molecule has 5 heteroatoms. The van der Waals surface area contributed by atoms with Crippen molar-refractivity contribution in [3.8, 4) is 0 Å². The van der Waals surface area contributed by atoms with Crippen LogP contribution in [0.3, 0.4) is 0 Å². The molecule has 0 fully saturated rings. The number of hydrogen-bond acceptors (Lipinski definition) is 4. The fourth-order valence-electron chi connectivity index (χ4n) is 1.19. The van der Waals surface area contributed by atoms with E-state index >= 15 is 0 Å². The number of hydrogen-bond donors (Lipinski definition) is 2. The van der Waals surface area contributed by atoms with E-state index in [2.05, 4.69) is 9.97 Å². The van der Waals surface area contributed by atoms with E-state index in [9.17, 15) is 4.79 Å². The molecule has 1 heterocycles. The van der Waals surface area contributed by atoms with Crippen molar-refractivity contribution >= 4 is 5.82 Å². The molecule has 0 aliphatic carbocycles. The summed E-state index contributed by atoms with van der Waals surface area (Å²) in [6.45, 7) is 3.83. The van der Waals surface area contributed by atoms with Crippen LogP contribution in [0.5, 0.6) is 0 Å². The summed E-state index contributed by atoms with van der Waals surface area (Å²) in [4.78, 5) is 20.0. The van der Waals surface area contributed by atoms with Gasteiger partial charge in [0.15, 0.2) is 0 Å². The Hall–Kier alpha value is -1.36. The normalized spacial score (nSPS) is 12.5. The summed E-state index contributed by atoms with van der Waals surface area (Å²) in [6.07, 6.45) is 0.685. The smallest absolute Gasteiger partial charge is 0.252 e. The van der Waals surface area contributed by atoms with Gasteiger partial charge in [0.25, 0.3) is 5.56 Å². The van der Waals surface area contributed by atoms with Gasteiger partial charge in [0.05, 0.1) is 12.6 Å². The average Bonchev–Trinajstić information content (AvgIpc) is 2.26. The van der Waals surface area contributed by atoms with Crippen LogP contribution in [0.2, 0.25) is 0 Å². The lowest BCUT2D eigenvalue weighted by Crippen LogP contribution is -2.33. The van der Waals surface area contributed by atoms with Crippen LogP contribution in [-0.2, 0) is 6.42 Å². The van der Waals surface area contributed by atoms with E-state index in [1.54, 1.807) is 4.90 Å². The van der Waals surface area contributed by atoms with Crippen molar-refractivity contribution in [1.82, 2.24) is 9.97 Å². The van der Waals surface area contributed by atoms with Crippen LogP contribution >= 0.6 is 0 Å². The summed E-state index contributed by atoms with van der Waals surface area (Å²) >= 11 is 0. The van der Waals surface area contributed by atoms with Gasteiger partial charge in [-0.25, -0.2) is 4.98 Å². The van der Waals surface area contributed by atoms with E-state index in [1.807, 2.05) is 20.9 Å². The van der Waals surface area contributed by atoms with Crippen LogP contribution in [0.1, 0.15) is 19.7 Å². The number of aromatic amines is 1. The minimum Gasteiger partial charge on any atom is -0.394 e. The highest BCUT2D eigenvalue weighted by Gasteiger charge is 2.11. The van der Waals surface area contributed by atoms with Crippen LogP contribution in [0, 0.1) is 0 Å². The summed E-state index contributed by atoms with van der Waals surface area (Å²) in [7, 11) is 1.81.